The Morgan fingerprint density at radius 1 is 1.12 bits per heavy atom. The number of nitrogens with one attached hydrogen (secondary N) is 2. The first-order valence-corrected chi connectivity index (χ1v) is 11.7. The Hall–Kier alpha value is -2.80. The Morgan fingerprint density at radius 2 is 1.88 bits per heavy atom. The third-order valence-corrected chi connectivity index (χ3v) is 5.53. The summed E-state index contributed by atoms with van der Waals surface area (Å²) in [4.78, 5) is 11.7. The number of benzene rings is 1. The Morgan fingerprint density at radius 3 is 2.50 bits per heavy atom. The minimum Gasteiger partial charge on any atom is -0.490 e. The number of guanidine groups is 1. The Balaban J connectivity index is 1.56. The zero-order valence-electron chi connectivity index (χ0n) is 19.8. The Labute approximate surface area is 192 Å². The summed E-state index contributed by atoms with van der Waals surface area (Å²) < 4.78 is 11.5. The summed E-state index contributed by atoms with van der Waals surface area (Å²) in [7, 11) is 0. The molecule has 0 aliphatic carbocycles. The largest absolute Gasteiger partial charge is 0.490 e. The molecule has 174 valence electrons. The van der Waals surface area contributed by atoms with Gasteiger partial charge in [-0.25, -0.2) is 9.98 Å². The highest BCUT2D eigenvalue weighted by atomic mass is 16.5. The Bertz CT molecular complexity index is 846. The van der Waals surface area contributed by atoms with Crippen LogP contribution in [0.3, 0.4) is 0 Å². The first kappa shape index (κ1) is 23.9. The van der Waals surface area contributed by atoms with Gasteiger partial charge in [-0.2, -0.15) is 0 Å². The molecule has 2 heterocycles. The van der Waals surface area contributed by atoms with Crippen LogP contribution in [0.25, 0.3) is 0 Å². The smallest absolute Gasteiger partial charge is 0.219 e. The van der Waals surface area contributed by atoms with Crippen molar-refractivity contribution in [3.05, 3.63) is 48.2 Å². The lowest BCUT2D eigenvalue weighted by molar-refractivity contribution is 0.167. The van der Waals surface area contributed by atoms with E-state index < -0.39 is 0 Å². The van der Waals surface area contributed by atoms with Crippen molar-refractivity contribution in [1.29, 1.82) is 0 Å². The maximum absolute atomic E-state index is 5.91. The summed E-state index contributed by atoms with van der Waals surface area (Å²) in [5.41, 5.74) is 1.03. The molecule has 1 aliphatic heterocycles. The third kappa shape index (κ3) is 7.12. The van der Waals surface area contributed by atoms with E-state index in [-0.39, 0.29) is 0 Å². The fourth-order valence-corrected chi connectivity index (χ4v) is 3.73. The monoisotopic (exact) mass is 439 g/mol. The number of nitrogens with zero attached hydrogens (tertiary/aromatic N) is 3. The van der Waals surface area contributed by atoms with E-state index >= 15 is 0 Å². The maximum atomic E-state index is 5.91. The van der Waals surface area contributed by atoms with Gasteiger partial charge in [0.25, 0.3) is 0 Å². The maximum Gasteiger partial charge on any atom is 0.219 e. The van der Waals surface area contributed by atoms with E-state index in [1.807, 2.05) is 49.5 Å². The van der Waals surface area contributed by atoms with Gasteiger partial charge in [0.05, 0.1) is 13.2 Å². The second-order valence-corrected chi connectivity index (χ2v) is 8.23. The van der Waals surface area contributed by atoms with E-state index in [1.165, 1.54) is 0 Å². The van der Waals surface area contributed by atoms with Crippen LogP contribution in [-0.2, 0) is 6.54 Å². The summed E-state index contributed by atoms with van der Waals surface area (Å²) in [6.45, 7) is 12.8. The molecule has 7 nitrogen and oxygen atoms in total. The molecule has 2 aromatic rings. The van der Waals surface area contributed by atoms with Crippen molar-refractivity contribution in [3.8, 4) is 17.4 Å². The molecule has 1 saturated heterocycles. The van der Waals surface area contributed by atoms with Gasteiger partial charge in [0.1, 0.15) is 0 Å². The summed E-state index contributed by atoms with van der Waals surface area (Å²) >= 11 is 0. The number of aliphatic imine (C=N–C) groups is 1. The third-order valence-electron chi connectivity index (χ3n) is 5.53. The molecule has 3 rings (SSSR count). The average molecular weight is 440 g/mol. The summed E-state index contributed by atoms with van der Waals surface area (Å²) in [6, 6.07) is 12.6. The first-order valence-electron chi connectivity index (χ1n) is 11.7. The molecule has 0 atom stereocenters. The van der Waals surface area contributed by atoms with E-state index in [2.05, 4.69) is 41.3 Å². The van der Waals surface area contributed by atoms with Crippen LogP contribution in [0.5, 0.6) is 17.4 Å². The van der Waals surface area contributed by atoms with Crippen LogP contribution >= 0.6 is 0 Å². The highest BCUT2D eigenvalue weighted by Crippen LogP contribution is 2.30. The van der Waals surface area contributed by atoms with Crippen LogP contribution in [0.15, 0.2) is 47.6 Å². The minimum absolute atomic E-state index is 0.460. The van der Waals surface area contributed by atoms with Crippen molar-refractivity contribution in [1.82, 2.24) is 20.5 Å². The fraction of sp³-hybridized carbons (Fsp3) is 0.520. The van der Waals surface area contributed by atoms with Crippen molar-refractivity contribution >= 4 is 5.96 Å². The van der Waals surface area contributed by atoms with Gasteiger partial charge in [-0.15, -0.1) is 0 Å². The van der Waals surface area contributed by atoms with Gasteiger partial charge in [-0.1, -0.05) is 18.2 Å². The van der Waals surface area contributed by atoms with Gasteiger partial charge >= 0.3 is 0 Å². The van der Waals surface area contributed by atoms with Crippen molar-refractivity contribution in [2.24, 2.45) is 4.99 Å². The highest BCUT2D eigenvalue weighted by Gasteiger charge is 2.21. The molecule has 1 fully saturated rings. The average Bonchev–Trinajstić information content (AvgIpc) is 2.80. The van der Waals surface area contributed by atoms with E-state index in [0.717, 1.165) is 44.0 Å². The molecule has 0 radical (unpaired) electrons. The lowest BCUT2D eigenvalue weighted by Gasteiger charge is -2.35. The molecule has 0 bridgehead atoms. The van der Waals surface area contributed by atoms with Crippen LogP contribution in [0.2, 0.25) is 0 Å². The molecule has 32 heavy (non-hydrogen) atoms. The van der Waals surface area contributed by atoms with E-state index in [0.29, 0.717) is 42.6 Å². The fourth-order valence-electron chi connectivity index (χ4n) is 3.73. The van der Waals surface area contributed by atoms with E-state index in [1.54, 1.807) is 0 Å². The molecule has 0 unspecified atom stereocenters. The summed E-state index contributed by atoms with van der Waals surface area (Å²) in [6.07, 6.45) is 4.09. The number of hydrogen-bond donors (Lipinski definition) is 2. The number of aromatic nitrogens is 1. The molecule has 0 spiro atoms. The van der Waals surface area contributed by atoms with Gasteiger partial charge in [-0.05, 0) is 58.2 Å². The van der Waals surface area contributed by atoms with Gasteiger partial charge in [-0.3, -0.25) is 0 Å². The molecule has 0 amide bonds. The van der Waals surface area contributed by atoms with Crippen molar-refractivity contribution < 1.29 is 9.47 Å². The van der Waals surface area contributed by atoms with Crippen LogP contribution < -0.4 is 20.1 Å². The lowest BCUT2D eigenvalue weighted by Crippen LogP contribution is -2.49. The van der Waals surface area contributed by atoms with Crippen LogP contribution in [0.1, 0.15) is 46.1 Å². The first-order chi connectivity index (χ1) is 15.6. The van der Waals surface area contributed by atoms with Gasteiger partial charge in [0.15, 0.2) is 17.5 Å². The van der Waals surface area contributed by atoms with Crippen molar-refractivity contribution in [2.75, 3.05) is 26.2 Å². The predicted octanol–water partition coefficient (Wildman–Crippen LogP) is 4.20. The topological polar surface area (TPSA) is 71.0 Å². The van der Waals surface area contributed by atoms with E-state index in [4.69, 9.17) is 14.5 Å². The van der Waals surface area contributed by atoms with Crippen LogP contribution in [0, 0.1) is 0 Å². The zero-order valence-corrected chi connectivity index (χ0v) is 19.8. The molecule has 1 aliphatic rings. The Kier molecular flexibility index (Phi) is 9.16. The molecular weight excluding hydrogens is 402 g/mol. The molecule has 0 saturated carbocycles. The lowest BCUT2D eigenvalue weighted by atomic mass is 10.0. The van der Waals surface area contributed by atoms with Crippen molar-refractivity contribution in [3.63, 3.8) is 0 Å². The van der Waals surface area contributed by atoms with Crippen molar-refractivity contribution in [2.45, 2.75) is 59.2 Å². The quantitative estimate of drug-likeness (QED) is 0.451. The van der Waals surface area contributed by atoms with Gasteiger partial charge < -0.3 is 25.0 Å². The van der Waals surface area contributed by atoms with Gasteiger partial charge in [0.2, 0.25) is 5.88 Å². The molecule has 1 aromatic heterocycles. The van der Waals surface area contributed by atoms with Crippen LogP contribution in [0.4, 0.5) is 0 Å². The number of hydrogen-bond acceptors (Lipinski definition) is 5. The second kappa shape index (κ2) is 12.3. The molecule has 2 N–H and O–H groups in total. The number of rotatable bonds is 9. The SMILES string of the molecule is CCNC(=NCc1ccc(Oc2ccccc2OCC)nc1)NC1CCN(C(C)C)CC1. The highest BCUT2D eigenvalue weighted by molar-refractivity contribution is 5.80. The molecular formula is C25H37N5O2. The molecule has 1 aromatic carbocycles. The van der Waals surface area contributed by atoms with Gasteiger partial charge in [0, 0.05) is 44.0 Å². The van der Waals surface area contributed by atoms with E-state index in [9.17, 15) is 0 Å². The minimum atomic E-state index is 0.460. The zero-order chi connectivity index (χ0) is 22.8. The standard InChI is InChI=1S/C25H37N5O2/c1-5-26-25(29-21-13-15-30(16-14-21)19(3)4)28-18-20-11-12-24(27-17-20)32-23-10-8-7-9-22(23)31-6-2/h7-12,17,19,21H,5-6,13-16,18H2,1-4H3,(H2,26,28,29). The number of piperidine rings is 1. The number of para-hydroxylation sites is 2. The summed E-state index contributed by atoms with van der Waals surface area (Å²) in [5.74, 6) is 2.77. The van der Waals surface area contributed by atoms with Crippen LogP contribution in [-0.4, -0.2) is 54.2 Å². The normalized spacial score (nSPS) is 15.6. The summed E-state index contributed by atoms with van der Waals surface area (Å²) in [5, 5.41) is 6.96. The number of pyridine rings is 1. The number of ether oxygens (including phenoxy) is 2. The predicted molar refractivity (Wildman–Crippen MR) is 130 cm³/mol. The second-order valence-electron chi connectivity index (χ2n) is 8.23. The molecule has 7 heteroatoms. The number of likely N-dealkylation sites (tertiary alicyclic amines) is 1.